The van der Waals surface area contributed by atoms with Gasteiger partial charge in [0.2, 0.25) is 0 Å². The Balaban J connectivity index is 3.06. The predicted octanol–water partition coefficient (Wildman–Crippen LogP) is 2.26. The van der Waals surface area contributed by atoms with Crippen LogP contribution in [0.1, 0.15) is 36.9 Å². The summed E-state index contributed by atoms with van der Waals surface area (Å²) < 4.78 is 2.67. The van der Waals surface area contributed by atoms with Gasteiger partial charge in [-0.15, -0.1) is 0 Å². The molecule has 0 saturated carbocycles. The number of aliphatic hydroxyl groups is 1. The third kappa shape index (κ3) is 5.13. The number of rotatable bonds is 7. The van der Waals surface area contributed by atoms with Gasteiger partial charge >= 0.3 is 0 Å². The molecular weight excluding hydrogens is 334 g/mol. The fraction of sp³-hybridized carbons (Fsp3) is 0.467. The van der Waals surface area contributed by atoms with E-state index in [0.29, 0.717) is 28.6 Å². The summed E-state index contributed by atoms with van der Waals surface area (Å²) in [7, 11) is 0. The molecule has 0 aliphatic heterocycles. The Kier molecular flexibility index (Phi) is 7.39. The van der Waals surface area contributed by atoms with Gasteiger partial charge in [-0.3, -0.25) is 9.79 Å². The van der Waals surface area contributed by atoms with Crippen molar-refractivity contribution in [2.75, 3.05) is 6.61 Å². The molecule has 0 bridgehead atoms. The summed E-state index contributed by atoms with van der Waals surface area (Å²) >= 11 is 3.23. The van der Waals surface area contributed by atoms with Gasteiger partial charge in [0, 0.05) is 48.6 Å². The average molecular weight is 356 g/mol. The van der Waals surface area contributed by atoms with Crippen LogP contribution in [0.4, 0.5) is 0 Å². The van der Waals surface area contributed by atoms with Gasteiger partial charge in [0.25, 0.3) is 0 Å². The van der Waals surface area contributed by atoms with E-state index in [4.69, 9.17) is 10.8 Å². The van der Waals surface area contributed by atoms with Crippen LogP contribution in [0.3, 0.4) is 0 Å². The van der Waals surface area contributed by atoms with Crippen molar-refractivity contribution in [1.29, 1.82) is 0 Å². The van der Waals surface area contributed by atoms with Gasteiger partial charge in [-0.05, 0) is 35.7 Å². The maximum absolute atomic E-state index is 12.1. The van der Waals surface area contributed by atoms with Gasteiger partial charge in [0.15, 0.2) is 5.43 Å². The molecule has 5 nitrogen and oxygen atoms in total. The van der Waals surface area contributed by atoms with Crippen molar-refractivity contribution in [3.05, 3.63) is 44.4 Å². The molecule has 116 valence electrons. The number of aliphatic imine (C=N–C) groups is 1. The van der Waals surface area contributed by atoms with E-state index in [2.05, 4.69) is 27.8 Å². The molecule has 1 unspecified atom stereocenters. The lowest BCUT2D eigenvalue weighted by Gasteiger charge is -2.19. The predicted molar refractivity (Wildman–Crippen MR) is 89.9 cm³/mol. The highest BCUT2D eigenvalue weighted by atomic mass is 79.9. The fourth-order valence-corrected chi connectivity index (χ4v) is 2.27. The Morgan fingerprint density at radius 3 is 2.86 bits per heavy atom. The number of halogens is 1. The van der Waals surface area contributed by atoms with Crippen LogP contribution >= 0.6 is 15.9 Å². The Labute approximate surface area is 133 Å². The summed E-state index contributed by atoms with van der Waals surface area (Å²) in [5.41, 5.74) is 6.67. The lowest BCUT2D eigenvalue weighted by molar-refractivity contribution is 0.254. The van der Waals surface area contributed by atoms with Crippen LogP contribution in [-0.2, 0) is 6.54 Å². The Morgan fingerprint density at radius 1 is 1.57 bits per heavy atom. The number of nitrogens with two attached hydrogens (primary N) is 1. The summed E-state index contributed by atoms with van der Waals surface area (Å²) in [6.45, 7) is 4.30. The first kappa shape index (κ1) is 17.7. The molecule has 21 heavy (non-hydrogen) atoms. The second kappa shape index (κ2) is 8.79. The maximum atomic E-state index is 12.1. The van der Waals surface area contributed by atoms with E-state index in [1.807, 2.05) is 17.0 Å². The average Bonchev–Trinajstić information content (AvgIpc) is 2.48. The van der Waals surface area contributed by atoms with E-state index in [1.54, 1.807) is 13.1 Å². The second-order valence-electron chi connectivity index (χ2n) is 4.84. The number of aryl methyl sites for hydroxylation is 1. The number of allylic oxidation sites excluding steroid dienone is 1. The van der Waals surface area contributed by atoms with E-state index in [-0.39, 0.29) is 18.1 Å². The molecule has 0 saturated heterocycles. The number of aliphatic hydroxyl groups excluding tert-OH is 1. The molecule has 0 aliphatic rings. The van der Waals surface area contributed by atoms with Crippen LogP contribution in [0.2, 0.25) is 0 Å². The van der Waals surface area contributed by atoms with E-state index in [1.165, 1.54) is 6.20 Å². The normalized spacial score (nSPS) is 13.8. The quantitative estimate of drug-likeness (QED) is 0.736. The molecule has 0 radical (unpaired) electrons. The highest BCUT2D eigenvalue weighted by Gasteiger charge is 2.10. The number of nitrogens with zero attached hydrogens (tertiary/aromatic N) is 2. The molecule has 0 amide bonds. The van der Waals surface area contributed by atoms with E-state index < -0.39 is 0 Å². The molecule has 1 atom stereocenters. The first-order valence-electron chi connectivity index (χ1n) is 6.92. The lowest BCUT2D eigenvalue weighted by atomic mass is 10.1. The third-order valence-corrected chi connectivity index (χ3v) is 3.76. The van der Waals surface area contributed by atoms with Gasteiger partial charge in [-0.2, -0.15) is 0 Å². The SMILES string of the molecule is CCC(CCO)n1cc(C)c(=O)c(C/N=C\C(Br)=C/N)c1. The Morgan fingerprint density at radius 2 is 2.29 bits per heavy atom. The topological polar surface area (TPSA) is 80.6 Å². The van der Waals surface area contributed by atoms with Gasteiger partial charge in [0.1, 0.15) is 0 Å². The molecule has 1 heterocycles. The summed E-state index contributed by atoms with van der Waals surface area (Å²) in [6, 6.07) is 0.188. The first-order valence-corrected chi connectivity index (χ1v) is 7.72. The standard InChI is InChI=1S/C15H22BrN3O2/c1-3-14(4-5-20)19-9-11(2)15(21)12(10-19)7-18-8-13(16)6-17/h6,8-10,14,20H,3-5,7,17H2,1-2H3/b13-6+,18-8-. The summed E-state index contributed by atoms with van der Waals surface area (Å²) in [5.74, 6) is 0. The molecule has 0 spiro atoms. The zero-order valence-corrected chi connectivity index (χ0v) is 14.0. The van der Waals surface area contributed by atoms with Crippen LogP contribution < -0.4 is 11.2 Å². The van der Waals surface area contributed by atoms with Crippen LogP contribution in [0.25, 0.3) is 0 Å². The van der Waals surface area contributed by atoms with E-state index in [9.17, 15) is 4.79 Å². The van der Waals surface area contributed by atoms with Gasteiger partial charge in [0.05, 0.1) is 11.0 Å². The minimum Gasteiger partial charge on any atom is -0.404 e. The first-order chi connectivity index (χ1) is 10.0. The van der Waals surface area contributed by atoms with E-state index in [0.717, 1.165) is 6.42 Å². The van der Waals surface area contributed by atoms with Crippen molar-refractivity contribution in [2.24, 2.45) is 10.7 Å². The van der Waals surface area contributed by atoms with Gasteiger partial charge < -0.3 is 15.4 Å². The van der Waals surface area contributed by atoms with Gasteiger partial charge in [-0.1, -0.05) is 6.92 Å². The summed E-state index contributed by atoms with van der Waals surface area (Å²) in [5, 5.41) is 9.13. The summed E-state index contributed by atoms with van der Waals surface area (Å²) in [4.78, 5) is 16.4. The zero-order chi connectivity index (χ0) is 15.8. The monoisotopic (exact) mass is 355 g/mol. The highest BCUT2D eigenvalue weighted by Crippen LogP contribution is 2.16. The van der Waals surface area contributed by atoms with Crippen molar-refractivity contribution in [1.82, 2.24) is 4.57 Å². The number of hydrogen-bond donors (Lipinski definition) is 2. The molecule has 0 aromatic carbocycles. The van der Waals surface area contributed by atoms with Crippen molar-refractivity contribution in [3.8, 4) is 0 Å². The summed E-state index contributed by atoms with van der Waals surface area (Å²) in [6.07, 6.45) is 8.21. The molecule has 0 fully saturated rings. The molecule has 6 heteroatoms. The largest absolute Gasteiger partial charge is 0.404 e. The second-order valence-corrected chi connectivity index (χ2v) is 5.75. The van der Waals surface area contributed by atoms with E-state index >= 15 is 0 Å². The fourth-order valence-electron chi connectivity index (χ4n) is 2.12. The molecular formula is C15H22BrN3O2. The van der Waals surface area contributed by atoms with Gasteiger partial charge in [-0.25, -0.2) is 0 Å². The molecule has 1 aromatic rings. The van der Waals surface area contributed by atoms with Crippen LogP contribution in [-0.4, -0.2) is 22.5 Å². The Bertz CT molecular complexity index is 579. The smallest absolute Gasteiger partial charge is 0.189 e. The van der Waals surface area contributed by atoms with Crippen LogP contribution in [0.5, 0.6) is 0 Å². The molecule has 3 N–H and O–H groups in total. The zero-order valence-electron chi connectivity index (χ0n) is 12.4. The molecule has 1 aromatic heterocycles. The molecule has 1 rings (SSSR count). The minimum atomic E-state index is 0.00935. The lowest BCUT2D eigenvalue weighted by Crippen LogP contribution is -2.19. The van der Waals surface area contributed by atoms with Crippen LogP contribution in [0.15, 0.2) is 32.9 Å². The highest BCUT2D eigenvalue weighted by molar-refractivity contribution is 9.12. The number of aromatic nitrogens is 1. The van der Waals surface area contributed by atoms with Crippen molar-refractivity contribution in [3.63, 3.8) is 0 Å². The van der Waals surface area contributed by atoms with Crippen molar-refractivity contribution in [2.45, 2.75) is 39.3 Å². The Hall–Kier alpha value is -1.40. The third-order valence-electron chi connectivity index (χ3n) is 3.29. The minimum absolute atomic E-state index is 0.00935. The van der Waals surface area contributed by atoms with Crippen molar-refractivity contribution >= 4 is 22.1 Å². The van der Waals surface area contributed by atoms with Crippen LogP contribution in [0, 0.1) is 6.92 Å². The number of hydrogen-bond acceptors (Lipinski definition) is 4. The number of pyridine rings is 1. The van der Waals surface area contributed by atoms with Crippen molar-refractivity contribution < 1.29 is 5.11 Å². The molecule has 0 aliphatic carbocycles. The maximum Gasteiger partial charge on any atom is 0.189 e.